The summed E-state index contributed by atoms with van der Waals surface area (Å²) in [5, 5.41) is 11.4. The second-order valence-electron chi connectivity index (χ2n) is 4.90. The van der Waals surface area contributed by atoms with Crippen molar-refractivity contribution in [2.45, 2.75) is 32.3 Å². The number of carbonyl (C=O) groups is 2. The molecule has 1 heterocycles. The molecule has 0 spiro atoms. The van der Waals surface area contributed by atoms with Crippen molar-refractivity contribution in [2.24, 2.45) is 5.92 Å². The second-order valence-corrected chi connectivity index (χ2v) is 4.90. The molecule has 20 heavy (non-hydrogen) atoms. The van der Waals surface area contributed by atoms with Crippen molar-refractivity contribution in [3.63, 3.8) is 0 Å². The maximum absolute atomic E-state index is 11.8. The van der Waals surface area contributed by atoms with Gasteiger partial charge in [-0.3, -0.25) is 4.79 Å². The molecular formula is C14H18N2O4. The van der Waals surface area contributed by atoms with Gasteiger partial charge in [-0.05, 0) is 37.8 Å². The number of rotatable bonds is 6. The number of aromatic nitrogens is 1. The van der Waals surface area contributed by atoms with Gasteiger partial charge in [0.15, 0.2) is 0 Å². The van der Waals surface area contributed by atoms with Crippen LogP contribution in [0.15, 0.2) is 18.3 Å². The highest BCUT2D eigenvalue weighted by molar-refractivity contribution is 5.91. The molecule has 0 bridgehead atoms. The van der Waals surface area contributed by atoms with Gasteiger partial charge in [-0.2, -0.15) is 0 Å². The first-order valence-electron chi connectivity index (χ1n) is 6.69. The molecule has 1 aromatic heterocycles. The summed E-state index contributed by atoms with van der Waals surface area (Å²) in [5.74, 6) is -0.785. The average molecular weight is 278 g/mol. The van der Waals surface area contributed by atoms with Gasteiger partial charge in [0.2, 0.25) is 5.91 Å². The molecule has 0 aromatic carbocycles. The first-order valence-corrected chi connectivity index (χ1v) is 6.69. The standard InChI is InChI=1S/C14H18N2O4/c1-2-20-11-5-9(6-11)7-13(17)16-10-3-4-12(14(18)19)15-8-10/h3-4,8-9,11H,2,5-7H2,1H3,(H,16,17)(H,18,19). The molecule has 108 valence electrons. The normalized spacial score (nSPS) is 21.1. The molecule has 0 unspecified atom stereocenters. The molecule has 6 nitrogen and oxygen atoms in total. The Bertz CT molecular complexity index is 480. The van der Waals surface area contributed by atoms with E-state index in [1.54, 1.807) is 0 Å². The van der Waals surface area contributed by atoms with Crippen LogP contribution in [-0.2, 0) is 9.53 Å². The van der Waals surface area contributed by atoms with Crippen molar-refractivity contribution in [3.05, 3.63) is 24.0 Å². The van der Waals surface area contributed by atoms with Crippen LogP contribution in [-0.4, -0.2) is 34.7 Å². The minimum Gasteiger partial charge on any atom is -0.477 e. The fourth-order valence-electron chi connectivity index (χ4n) is 2.28. The topological polar surface area (TPSA) is 88.5 Å². The van der Waals surface area contributed by atoms with Gasteiger partial charge in [0, 0.05) is 13.0 Å². The van der Waals surface area contributed by atoms with E-state index in [1.165, 1.54) is 18.3 Å². The number of nitrogens with one attached hydrogen (secondary N) is 1. The van der Waals surface area contributed by atoms with Gasteiger partial charge < -0.3 is 15.2 Å². The third-order valence-corrected chi connectivity index (χ3v) is 3.34. The molecule has 0 saturated heterocycles. The van der Waals surface area contributed by atoms with Gasteiger partial charge in [0.05, 0.1) is 18.0 Å². The fraction of sp³-hybridized carbons (Fsp3) is 0.500. The Kier molecular flexibility index (Phi) is 4.68. The number of amides is 1. The second kappa shape index (κ2) is 6.47. The van der Waals surface area contributed by atoms with E-state index >= 15 is 0 Å². The van der Waals surface area contributed by atoms with Gasteiger partial charge in [-0.15, -0.1) is 0 Å². The third-order valence-electron chi connectivity index (χ3n) is 3.34. The average Bonchev–Trinajstić information content (AvgIpc) is 2.37. The summed E-state index contributed by atoms with van der Waals surface area (Å²) in [7, 11) is 0. The van der Waals surface area contributed by atoms with Crippen LogP contribution >= 0.6 is 0 Å². The van der Waals surface area contributed by atoms with E-state index in [0.29, 0.717) is 30.7 Å². The SMILES string of the molecule is CCOC1CC(CC(=O)Nc2ccc(C(=O)O)nc2)C1. The lowest BCUT2D eigenvalue weighted by Crippen LogP contribution is -2.33. The van der Waals surface area contributed by atoms with E-state index < -0.39 is 5.97 Å². The van der Waals surface area contributed by atoms with Crippen LogP contribution in [0.3, 0.4) is 0 Å². The number of carboxylic acids is 1. The minimum atomic E-state index is -1.08. The lowest BCUT2D eigenvalue weighted by atomic mass is 9.80. The number of nitrogens with zero attached hydrogens (tertiary/aromatic N) is 1. The molecule has 1 saturated carbocycles. The van der Waals surface area contributed by atoms with E-state index in [9.17, 15) is 9.59 Å². The summed E-state index contributed by atoms with van der Waals surface area (Å²) >= 11 is 0. The molecule has 1 aliphatic rings. The summed E-state index contributed by atoms with van der Waals surface area (Å²) < 4.78 is 5.45. The zero-order valence-corrected chi connectivity index (χ0v) is 11.3. The predicted octanol–water partition coefficient (Wildman–Crippen LogP) is 1.92. The van der Waals surface area contributed by atoms with E-state index in [-0.39, 0.29) is 11.6 Å². The number of anilines is 1. The molecule has 1 aliphatic carbocycles. The number of hydrogen-bond donors (Lipinski definition) is 2. The molecule has 0 aliphatic heterocycles. The van der Waals surface area contributed by atoms with E-state index in [2.05, 4.69) is 10.3 Å². The van der Waals surface area contributed by atoms with Crippen molar-refractivity contribution < 1.29 is 19.4 Å². The van der Waals surface area contributed by atoms with Crippen LogP contribution in [0, 0.1) is 5.92 Å². The number of carbonyl (C=O) groups excluding carboxylic acids is 1. The Morgan fingerprint density at radius 2 is 2.20 bits per heavy atom. The number of hydrogen-bond acceptors (Lipinski definition) is 4. The van der Waals surface area contributed by atoms with Crippen molar-refractivity contribution >= 4 is 17.6 Å². The lowest BCUT2D eigenvalue weighted by Gasteiger charge is -2.34. The first-order chi connectivity index (χ1) is 9.58. The Morgan fingerprint density at radius 3 is 2.75 bits per heavy atom. The molecule has 2 rings (SSSR count). The molecular weight excluding hydrogens is 260 g/mol. The Balaban J connectivity index is 1.76. The maximum Gasteiger partial charge on any atom is 0.354 e. The van der Waals surface area contributed by atoms with Gasteiger partial charge in [0.25, 0.3) is 0 Å². The highest BCUT2D eigenvalue weighted by Gasteiger charge is 2.31. The summed E-state index contributed by atoms with van der Waals surface area (Å²) in [4.78, 5) is 26.2. The molecule has 1 fully saturated rings. The van der Waals surface area contributed by atoms with Crippen LogP contribution in [0.2, 0.25) is 0 Å². The Labute approximate surface area is 117 Å². The van der Waals surface area contributed by atoms with Crippen molar-refractivity contribution in [1.29, 1.82) is 0 Å². The monoisotopic (exact) mass is 278 g/mol. The predicted molar refractivity (Wildman–Crippen MR) is 72.6 cm³/mol. The van der Waals surface area contributed by atoms with Gasteiger partial charge in [0.1, 0.15) is 5.69 Å². The molecule has 0 radical (unpaired) electrons. The number of pyridine rings is 1. The van der Waals surface area contributed by atoms with Crippen LogP contribution in [0.1, 0.15) is 36.7 Å². The van der Waals surface area contributed by atoms with Gasteiger partial charge in [-0.25, -0.2) is 9.78 Å². The van der Waals surface area contributed by atoms with Gasteiger partial charge in [-0.1, -0.05) is 0 Å². The highest BCUT2D eigenvalue weighted by Crippen LogP contribution is 2.32. The minimum absolute atomic E-state index is 0.0402. The molecule has 6 heteroatoms. The number of aromatic carboxylic acids is 1. The summed E-state index contributed by atoms with van der Waals surface area (Å²) in [6.45, 7) is 2.68. The van der Waals surface area contributed by atoms with E-state index in [4.69, 9.17) is 9.84 Å². The van der Waals surface area contributed by atoms with Crippen LogP contribution in [0.4, 0.5) is 5.69 Å². The van der Waals surface area contributed by atoms with E-state index in [0.717, 1.165) is 12.8 Å². The molecule has 0 atom stereocenters. The van der Waals surface area contributed by atoms with Crippen molar-refractivity contribution in [3.8, 4) is 0 Å². The molecule has 1 aromatic rings. The molecule has 2 N–H and O–H groups in total. The highest BCUT2D eigenvalue weighted by atomic mass is 16.5. The van der Waals surface area contributed by atoms with Crippen LogP contribution in [0.5, 0.6) is 0 Å². The fourth-order valence-corrected chi connectivity index (χ4v) is 2.28. The number of ether oxygens (including phenoxy) is 1. The first kappa shape index (κ1) is 14.5. The number of carboxylic acid groups (broad SMARTS) is 1. The van der Waals surface area contributed by atoms with Crippen LogP contribution < -0.4 is 5.32 Å². The quantitative estimate of drug-likeness (QED) is 0.830. The largest absolute Gasteiger partial charge is 0.477 e. The lowest BCUT2D eigenvalue weighted by molar-refractivity contribution is -0.119. The molecule has 1 amide bonds. The summed E-state index contributed by atoms with van der Waals surface area (Å²) in [6.07, 6.45) is 3.97. The zero-order valence-electron chi connectivity index (χ0n) is 11.3. The van der Waals surface area contributed by atoms with Gasteiger partial charge >= 0.3 is 5.97 Å². The smallest absolute Gasteiger partial charge is 0.354 e. The maximum atomic E-state index is 11.8. The summed E-state index contributed by atoms with van der Waals surface area (Å²) in [6, 6.07) is 2.91. The Morgan fingerprint density at radius 1 is 1.45 bits per heavy atom. The van der Waals surface area contributed by atoms with Crippen LogP contribution in [0.25, 0.3) is 0 Å². The van der Waals surface area contributed by atoms with Crippen molar-refractivity contribution in [2.75, 3.05) is 11.9 Å². The van der Waals surface area contributed by atoms with Crippen molar-refractivity contribution in [1.82, 2.24) is 4.98 Å². The van der Waals surface area contributed by atoms with E-state index in [1.807, 2.05) is 6.92 Å². The Hall–Kier alpha value is -1.95. The zero-order chi connectivity index (χ0) is 14.5. The summed E-state index contributed by atoms with van der Waals surface area (Å²) in [5.41, 5.74) is 0.474. The third kappa shape index (κ3) is 3.77.